The van der Waals surface area contributed by atoms with Gasteiger partial charge in [0.05, 0.1) is 6.54 Å². The number of rotatable bonds is 4. The van der Waals surface area contributed by atoms with Gasteiger partial charge in [0.15, 0.2) is 0 Å². The first-order valence-corrected chi connectivity index (χ1v) is 5.06. The molecule has 0 heterocycles. The molecule has 0 radical (unpaired) electrons. The lowest BCUT2D eigenvalue weighted by Gasteiger charge is -2.10. The molecule has 0 saturated carbocycles. The fourth-order valence-electron chi connectivity index (χ4n) is 1.18. The van der Waals surface area contributed by atoms with Crippen molar-refractivity contribution in [1.29, 1.82) is 0 Å². The van der Waals surface area contributed by atoms with E-state index >= 15 is 0 Å². The molecule has 0 bridgehead atoms. The molecular weight excluding hydrogens is 188 g/mol. The quantitative estimate of drug-likeness (QED) is 0.802. The van der Waals surface area contributed by atoms with E-state index in [2.05, 4.69) is 36.5 Å². The molecule has 0 spiro atoms. The summed E-state index contributed by atoms with van der Waals surface area (Å²) in [6.07, 6.45) is 0. The van der Waals surface area contributed by atoms with E-state index in [0.717, 1.165) is 6.54 Å². The summed E-state index contributed by atoms with van der Waals surface area (Å²) in [6, 6.07) is 8.29. The van der Waals surface area contributed by atoms with Gasteiger partial charge < -0.3 is 10.2 Å². The van der Waals surface area contributed by atoms with Crippen LogP contribution in [-0.2, 0) is 11.3 Å². The van der Waals surface area contributed by atoms with Gasteiger partial charge >= 0.3 is 0 Å². The summed E-state index contributed by atoms with van der Waals surface area (Å²) < 4.78 is 0. The smallest absolute Gasteiger partial charge is 0.236 e. The molecule has 0 saturated heterocycles. The van der Waals surface area contributed by atoms with E-state index in [1.54, 1.807) is 19.0 Å². The number of aryl methyl sites for hydroxylation is 1. The fraction of sp³-hybridized carbons (Fsp3) is 0.417. The molecule has 1 N–H and O–H groups in total. The van der Waals surface area contributed by atoms with Gasteiger partial charge in [-0.25, -0.2) is 0 Å². The van der Waals surface area contributed by atoms with Crippen molar-refractivity contribution in [3.63, 3.8) is 0 Å². The Morgan fingerprint density at radius 3 is 2.40 bits per heavy atom. The second-order valence-corrected chi connectivity index (χ2v) is 3.88. The van der Waals surface area contributed by atoms with Crippen LogP contribution < -0.4 is 5.32 Å². The van der Waals surface area contributed by atoms with Crippen molar-refractivity contribution < 1.29 is 4.79 Å². The van der Waals surface area contributed by atoms with Gasteiger partial charge in [-0.3, -0.25) is 4.79 Å². The molecule has 15 heavy (non-hydrogen) atoms. The Hall–Kier alpha value is -1.35. The largest absolute Gasteiger partial charge is 0.348 e. The SMILES string of the molecule is Cc1ccc(CNCC(=O)N(C)C)cc1. The van der Waals surface area contributed by atoms with Gasteiger partial charge in [0.2, 0.25) is 5.91 Å². The molecule has 3 heteroatoms. The van der Waals surface area contributed by atoms with Gasteiger partial charge in [0.25, 0.3) is 0 Å². The number of carbonyl (C=O) groups is 1. The average molecular weight is 206 g/mol. The Labute approximate surface area is 91.1 Å². The number of nitrogens with one attached hydrogen (secondary N) is 1. The van der Waals surface area contributed by atoms with Crippen LogP contribution >= 0.6 is 0 Å². The zero-order chi connectivity index (χ0) is 11.3. The van der Waals surface area contributed by atoms with Crippen LogP contribution in [0.25, 0.3) is 0 Å². The third kappa shape index (κ3) is 4.13. The molecule has 3 nitrogen and oxygen atoms in total. The van der Waals surface area contributed by atoms with Crippen LogP contribution in [0.2, 0.25) is 0 Å². The third-order valence-corrected chi connectivity index (χ3v) is 2.22. The first-order chi connectivity index (χ1) is 7.09. The van der Waals surface area contributed by atoms with Crippen molar-refractivity contribution >= 4 is 5.91 Å². The minimum atomic E-state index is 0.0992. The first-order valence-electron chi connectivity index (χ1n) is 5.06. The number of benzene rings is 1. The number of amides is 1. The summed E-state index contributed by atoms with van der Waals surface area (Å²) in [5.74, 6) is 0.0992. The molecule has 0 unspecified atom stereocenters. The van der Waals surface area contributed by atoms with Crippen molar-refractivity contribution in [2.45, 2.75) is 13.5 Å². The topological polar surface area (TPSA) is 32.3 Å². The summed E-state index contributed by atoms with van der Waals surface area (Å²) in [7, 11) is 3.52. The van der Waals surface area contributed by atoms with Crippen LogP contribution in [0.3, 0.4) is 0 Å². The lowest BCUT2D eigenvalue weighted by molar-refractivity contribution is -0.127. The second kappa shape index (κ2) is 5.51. The molecule has 0 aliphatic rings. The average Bonchev–Trinajstić information content (AvgIpc) is 2.20. The summed E-state index contributed by atoms with van der Waals surface area (Å²) in [4.78, 5) is 12.8. The molecule has 0 aromatic heterocycles. The molecule has 0 aliphatic heterocycles. The summed E-state index contributed by atoms with van der Waals surface area (Å²) in [5, 5.41) is 3.11. The Kier molecular flexibility index (Phi) is 4.31. The van der Waals surface area contributed by atoms with Crippen LogP contribution in [0, 0.1) is 6.92 Å². The van der Waals surface area contributed by atoms with Crippen molar-refractivity contribution in [1.82, 2.24) is 10.2 Å². The van der Waals surface area contributed by atoms with E-state index in [9.17, 15) is 4.79 Å². The van der Waals surface area contributed by atoms with E-state index in [1.807, 2.05) is 0 Å². The molecule has 1 amide bonds. The number of hydrogen-bond acceptors (Lipinski definition) is 2. The highest BCUT2D eigenvalue weighted by Crippen LogP contribution is 2.02. The minimum absolute atomic E-state index is 0.0992. The van der Waals surface area contributed by atoms with Gasteiger partial charge in [-0.05, 0) is 12.5 Å². The Balaban J connectivity index is 2.32. The van der Waals surface area contributed by atoms with Crippen LogP contribution in [0.4, 0.5) is 0 Å². The standard InChI is InChI=1S/C12H18N2O/c1-10-4-6-11(7-5-10)8-13-9-12(15)14(2)3/h4-7,13H,8-9H2,1-3H3. The van der Waals surface area contributed by atoms with Crippen molar-refractivity contribution in [3.8, 4) is 0 Å². The fourth-order valence-corrected chi connectivity index (χ4v) is 1.18. The Bertz CT molecular complexity index is 317. The van der Waals surface area contributed by atoms with Gasteiger partial charge in [-0.2, -0.15) is 0 Å². The van der Waals surface area contributed by atoms with E-state index in [4.69, 9.17) is 0 Å². The third-order valence-electron chi connectivity index (χ3n) is 2.22. The van der Waals surface area contributed by atoms with E-state index in [-0.39, 0.29) is 5.91 Å². The van der Waals surface area contributed by atoms with Crippen molar-refractivity contribution in [2.75, 3.05) is 20.6 Å². The maximum absolute atomic E-state index is 11.3. The second-order valence-electron chi connectivity index (χ2n) is 3.88. The maximum atomic E-state index is 11.3. The monoisotopic (exact) mass is 206 g/mol. The highest BCUT2D eigenvalue weighted by atomic mass is 16.2. The van der Waals surface area contributed by atoms with Crippen LogP contribution in [0.1, 0.15) is 11.1 Å². The lowest BCUT2D eigenvalue weighted by atomic mass is 10.1. The highest BCUT2D eigenvalue weighted by Gasteiger charge is 2.01. The lowest BCUT2D eigenvalue weighted by Crippen LogP contribution is -2.32. The highest BCUT2D eigenvalue weighted by molar-refractivity contribution is 5.77. The number of carbonyl (C=O) groups excluding carboxylic acids is 1. The van der Waals surface area contributed by atoms with Gasteiger partial charge in [-0.1, -0.05) is 29.8 Å². The number of likely N-dealkylation sites (N-methyl/N-ethyl adjacent to an activating group) is 1. The normalized spacial score (nSPS) is 10.1. The van der Waals surface area contributed by atoms with Crippen molar-refractivity contribution in [3.05, 3.63) is 35.4 Å². The molecule has 0 fully saturated rings. The molecule has 0 aliphatic carbocycles. The van der Waals surface area contributed by atoms with Gasteiger partial charge in [0, 0.05) is 20.6 Å². The molecule has 1 aromatic rings. The Morgan fingerprint density at radius 1 is 1.27 bits per heavy atom. The summed E-state index contributed by atoms with van der Waals surface area (Å²) in [5.41, 5.74) is 2.45. The van der Waals surface area contributed by atoms with Gasteiger partial charge in [-0.15, -0.1) is 0 Å². The minimum Gasteiger partial charge on any atom is -0.348 e. The number of nitrogens with zero attached hydrogens (tertiary/aromatic N) is 1. The van der Waals surface area contributed by atoms with E-state index < -0.39 is 0 Å². The van der Waals surface area contributed by atoms with Crippen LogP contribution in [0.15, 0.2) is 24.3 Å². The molecule has 0 atom stereocenters. The van der Waals surface area contributed by atoms with E-state index in [0.29, 0.717) is 6.54 Å². The zero-order valence-electron chi connectivity index (χ0n) is 9.58. The van der Waals surface area contributed by atoms with Crippen LogP contribution in [-0.4, -0.2) is 31.4 Å². The molecule has 82 valence electrons. The van der Waals surface area contributed by atoms with Crippen molar-refractivity contribution in [2.24, 2.45) is 0 Å². The summed E-state index contributed by atoms with van der Waals surface area (Å²) in [6.45, 7) is 3.19. The molecule has 1 aromatic carbocycles. The predicted molar refractivity (Wildman–Crippen MR) is 61.6 cm³/mol. The molecule has 1 rings (SSSR count). The first kappa shape index (κ1) is 11.7. The number of hydrogen-bond donors (Lipinski definition) is 1. The summed E-state index contributed by atoms with van der Waals surface area (Å²) >= 11 is 0. The maximum Gasteiger partial charge on any atom is 0.236 e. The van der Waals surface area contributed by atoms with E-state index in [1.165, 1.54) is 11.1 Å². The van der Waals surface area contributed by atoms with Gasteiger partial charge in [0.1, 0.15) is 0 Å². The molecular formula is C12H18N2O. The zero-order valence-corrected chi connectivity index (χ0v) is 9.58. The Morgan fingerprint density at radius 2 is 1.87 bits per heavy atom. The van der Waals surface area contributed by atoms with Crippen LogP contribution in [0.5, 0.6) is 0 Å². The predicted octanol–water partition coefficient (Wildman–Crippen LogP) is 1.17.